The fourth-order valence-electron chi connectivity index (χ4n) is 2.37. The Kier molecular flexibility index (Phi) is 7.76. The van der Waals surface area contributed by atoms with E-state index in [2.05, 4.69) is 32.5 Å². The van der Waals surface area contributed by atoms with Gasteiger partial charge in [0.05, 0.1) is 19.8 Å². The van der Waals surface area contributed by atoms with Crippen LogP contribution in [0, 0.1) is 0 Å². The molecule has 0 amide bonds. The molecule has 0 aromatic carbocycles. The molecule has 0 spiro atoms. The molecule has 7 heteroatoms. The lowest BCUT2D eigenvalue weighted by Crippen LogP contribution is -2.39. The maximum absolute atomic E-state index is 5.35. The van der Waals surface area contributed by atoms with E-state index >= 15 is 0 Å². The van der Waals surface area contributed by atoms with E-state index in [1.165, 1.54) is 0 Å². The molecular weight excluding hydrogens is 280 g/mol. The van der Waals surface area contributed by atoms with Crippen LogP contribution in [-0.2, 0) is 11.3 Å². The molecule has 0 unspecified atom stereocenters. The SMILES string of the molecule is CCNC(=NCCCN1CCOCC1)NCCn1cccn1. The third-order valence-corrected chi connectivity index (χ3v) is 3.54. The second-order valence-electron chi connectivity index (χ2n) is 5.26. The number of aromatic nitrogens is 2. The van der Waals surface area contributed by atoms with Gasteiger partial charge in [-0.15, -0.1) is 0 Å². The maximum Gasteiger partial charge on any atom is 0.191 e. The van der Waals surface area contributed by atoms with Crippen molar-refractivity contribution < 1.29 is 4.74 Å². The number of morpholine rings is 1. The summed E-state index contributed by atoms with van der Waals surface area (Å²) in [6.45, 7) is 10.4. The molecule has 2 N–H and O–H groups in total. The first kappa shape index (κ1) is 16.8. The molecular formula is C15H28N6O. The number of nitrogens with one attached hydrogen (secondary N) is 2. The monoisotopic (exact) mass is 308 g/mol. The van der Waals surface area contributed by atoms with Gasteiger partial charge in [-0.1, -0.05) is 0 Å². The number of hydrogen-bond donors (Lipinski definition) is 2. The Morgan fingerprint density at radius 2 is 2.14 bits per heavy atom. The van der Waals surface area contributed by atoms with Gasteiger partial charge in [-0.3, -0.25) is 14.6 Å². The molecule has 0 bridgehead atoms. The van der Waals surface area contributed by atoms with Crippen LogP contribution in [0.1, 0.15) is 13.3 Å². The largest absolute Gasteiger partial charge is 0.379 e. The lowest BCUT2D eigenvalue weighted by atomic mass is 10.3. The van der Waals surface area contributed by atoms with E-state index in [0.717, 1.165) is 71.4 Å². The van der Waals surface area contributed by atoms with Crippen LogP contribution >= 0.6 is 0 Å². The van der Waals surface area contributed by atoms with Crippen LogP contribution < -0.4 is 10.6 Å². The Hall–Kier alpha value is -1.60. The van der Waals surface area contributed by atoms with Crippen molar-refractivity contribution in [2.45, 2.75) is 19.9 Å². The molecule has 1 aromatic rings. The van der Waals surface area contributed by atoms with E-state index in [1.54, 1.807) is 6.20 Å². The van der Waals surface area contributed by atoms with Gasteiger partial charge in [0, 0.05) is 51.7 Å². The highest BCUT2D eigenvalue weighted by Gasteiger charge is 2.08. The summed E-state index contributed by atoms with van der Waals surface area (Å²) in [6, 6.07) is 1.94. The first-order valence-corrected chi connectivity index (χ1v) is 8.18. The zero-order valence-electron chi connectivity index (χ0n) is 13.5. The molecule has 124 valence electrons. The zero-order valence-corrected chi connectivity index (χ0v) is 13.5. The molecule has 1 aliphatic rings. The molecule has 0 atom stereocenters. The van der Waals surface area contributed by atoms with Gasteiger partial charge in [0.25, 0.3) is 0 Å². The minimum absolute atomic E-state index is 0.816. The maximum atomic E-state index is 5.35. The topological polar surface area (TPSA) is 66.7 Å². The predicted molar refractivity (Wildman–Crippen MR) is 88.1 cm³/mol. The number of guanidine groups is 1. The van der Waals surface area contributed by atoms with Crippen LogP contribution in [0.25, 0.3) is 0 Å². The molecule has 1 aromatic heterocycles. The number of rotatable bonds is 8. The summed E-state index contributed by atoms with van der Waals surface area (Å²) in [5, 5.41) is 10.8. The summed E-state index contributed by atoms with van der Waals surface area (Å²) in [4.78, 5) is 7.07. The average molecular weight is 308 g/mol. The number of ether oxygens (including phenoxy) is 1. The van der Waals surface area contributed by atoms with Crippen LogP contribution in [0.4, 0.5) is 0 Å². The van der Waals surface area contributed by atoms with E-state index in [4.69, 9.17) is 4.74 Å². The minimum atomic E-state index is 0.816. The fourth-order valence-corrected chi connectivity index (χ4v) is 2.37. The predicted octanol–water partition coefficient (Wildman–Crippen LogP) is 0.161. The van der Waals surface area contributed by atoms with Gasteiger partial charge in [0.1, 0.15) is 0 Å². The highest BCUT2D eigenvalue weighted by molar-refractivity contribution is 5.79. The fraction of sp³-hybridized carbons (Fsp3) is 0.733. The highest BCUT2D eigenvalue weighted by Crippen LogP contribution is 1.98. The Morgan fingerprint density at radius 3 is 2.86 bits per heavy atom. The van der Waals surface area contributed by atoms with Gasteiger partial charge in [-0.2, -0.15) is 5.10 Å². The summed E-state index contributed by atoms with van der Waals surface area (Å²) in [6.07, 6.45) is 4.84. The number of hydrogen-bond acceptors (Lipinski definition) is 4. The highest BCUT2D eigenvalue weighted by atomic mass is 16.5. The van der Waals surface area contributed by atoms with Gasteiger partial charge >= 0.3 is 0 Å². The van der Waals surface area contributed by atoms with Gasteiger partial charge in [0.15, 0.2) is 5.96 Å². The first-order valence-electron chi connectivity index (χ1n) is 8.18. The quantitative estimate of drug-likeness (QED) is 0.407. The molecule has 2 rings (SSSR count). The van der Waals surface area contributed by atoms with E-state index < -0.39 is 0 Å². The molecule has 2 heterocycles. The van der Waals surface area contributed by atoms with E-state index in [0.29, 0.717) is 0 Å². The van der Waals surface area contributed by atoms with Crippen molar-refractivity contribution in [3.05, 3.63) is 18.5 Å². The van der Waals surface area contributed by atoms with Crippen molar-refractivity contribution in [3.63, 3.8) is 0 Å². The molecule has 0 radical (unpaired) electrons. The molecule has 1 aliphatic heterocycles. The molecule has 1 fully saturated rings. The average Bonchev–Trinajstić information content (AvgIpc) is 3.06. The summed E-state index contributed by atoms with van der Waals surface area (Å²) in [5.74, 6) is 0.886. The summed E-state index contributed by atoms with van der Waals surface area (Å²) in [7, 11) is 0. The Balaban J connectivity index is 1.62. The lowest BCUT2D eigenvalue weighted by Gasteiger charge is -2.26. The van der Waals surface area contributed by atoms with Gasteiger partial charge in [0.2, 0.25) is 0 Å². The Labute approximate surface area is 132 Å². The van der Waals surface area contributed by atoms with Crippen LogP contribution in [0.15, 0.2) is 23.5 Å². The molecule has 0 aliphatic carbocycles. The zero-order chi connectivity index (χ0) is 15.5. The summed E-state index contributed by atoms with van der Waals surface area (Å²) < 4.78 is 7.27. The summed E-state index contributed by atoms with van der Waals surface area (Å²) >= 11 is 0. The van der Waals surface area contributed by atoms with Crippen molar-refractivity contribution in [1.29, 1.82) is 0 Å². The molecule has 0 saturated carbocycles. The normalized spacial score (nSPS) is 16.7. The Bertz CT molecular complexity index is 414. The van der Waals surface area contributed by atoms with Gasteiger partial charge < -0.3 is 15.4 Å². The Morgan fingerprint density at radius 1 is 1.27 bits per heavy atom. The smallest absolute Gasteiger partial charge is 0.191 e. The van der Waals surface area contributed by atoms with E-state index in [9.17, 15) is 0 Å². The third kappa shape index (κ3) is 6.44. The lowest BCUT2D eigenvalue weighted by molar-refractivity contribution is 0.0377. The number of aliphatic imine (C=N–C) groups is 1. The van der Waals surface area contributed by atoms with Crippen molar-refractivity contribution >= 4 is 5.96 Å². The van der Waals surface area contributed by atoms with Crippen molar-refractivity contribution in [3.8, 4) is 0 Å². The minimum Gasteiger partial charge on any atom is -0.379 e. The van der Waals surface area contributed by atoms with Crippen molar-refractivity contribution in [2.75, 3.05) is 52.5 Å². The standard InChI is InChI=1S/C15H28N6O/c1-2-16-15(18-7-10-21-9-4-6-19-21)17-5-3-8-20-11-13-22-14-12-20/h4,6,9H,2-3,5,7-8,10-14H2,1H3,(H2,16,17,18). The van der Waals surface area contributed by atoms with Crippen LogP contribution in [0.5, 0.6) is 0 Å². The molecule has 7 nitrogen and oxygen atoms in total. The summed E-state index contributed by atoms with van der Waals surface area (Å²) in [5.41, 5.74) is 0. The molecule has 1 saturated heterocycles. The van der Waals surface area contributed by atoms with Crippen LogP contribution in [0.2, 0.25) is 0 Å². The van der Waals surface area contributed by atoms with Crippen molar-refractivity contribution in [1.82, 2.24) is 25.3 Å². The van der Waals surface area contributed by atoms with Crippen LogP contribution in [0.3, 0.4) is 0 Å². The van der Waals surface area contributed by atoms with Crippen molar-refractivity contribution in [2.24, 2.45) is 4.99 Å². The van der Waals surface area contributed by atoms with Crippen LogP contribution in [-0.4, -0.2) is 73.1 Å². The first-order chi connectivity index (χ1) is 10.9. The van der Waals surface area contributed by atoms with Gasteiger partial charge in [-0.25, -0.2) is 0 Å². The van der Waals surface area contributed by atoms with Gasteiger partial charge in [-0.05, 0) is 19.4 Å². The van der Waals surface area contributed by atoms with E-state index in [1.807, 2.05) is 16.9 Å². The molecule has 22 heavy (non-hydrogen) atoms. The number of nitrogens with zero attached hydrogens (tertiary/aromatic N) is 4. The second-order valence-corrected chi connectivity index (χ2v) is 5.26. The van der Waals surface area contributed by atoms with E-state index in [-0.39, 0.29) is 0 Å². The second kappa shape index (κ2) is 10.2. The third-order valence-electron chi connectivity index (χ3n) is 3.54.